The number of thioether (sulfide) groups is 1. The van der Waals surface area contributed by atoms with Crippen molar-refractivity contribution in [3.8, 4) is 5.75 Å². The minimum atomic E-state index is -0.465. The third-order valence-electron chi connectivity index (χ3n) is 4.06. The number of methoxy groups -OCH3 is 1. The monoisotopic (exact) mass is 398 g/mol. The molecule has 1 aliphatic rings. The van der Waals surface area contributed by atoms with Crippen molar-refractivity contribution < 1.29 is 14.5 Å². The van der Waals surface area contributed by atoms with Gasteiger partial charge in [0, 0.05) is 17.7 Å². The van der Waals surface area contributed by atoms with Crippen LogP contribution in [0.2, 0.25) is 0 Å². The molecule has 3 rings (SSSR count). The van der Waals surface area contributed by atoms with Crippen molar-refractivity contribution in [2.45, 2.75) is 18.7 Å². The highest BCUT2D eigenvalue weighted by atomic mass is 32.2. The number of nitrogens with zero attached hydrogens (tertiary/aromatic N) is 4. The van der Waals surface area contributed by atoms with Gasteiger partial charge in [0.05, 0.1) is 30.0 Å². The first-order valence-electron chi connectivity index (χ1n) is 8.44. The number of non-ortho nitro benzene ring substituents is 1. The summed E-state index contributed by atoms with van der Waals surface area (Å²) in [6, 6.07) is 13.6. The first-order valence-corrected chi connectivity index (χ1v) is 9.32. The Balaban J connectivity index is 1.77. The molecule has 0 aromatic heterocycles. The number of carbonyl (C=O) groups is 1. The summed E-state index contributed by atoms with van der Waals surface area (Å²) in [5.74, 6) is 0.708. The van der Waals surface area contributed by atoms with Crippen LogP contribution in [0.3, 0.4) is 0 Å². The number of amides is 1. The zero-order valence-electron chi connectivity index (χ0n) is 15.3. The Kier molecular flexibility index (Phi) is 6.05. The number of hydrogen-bond donors (Lipinski definition) is 0. The van der Waals surface area contributed by atoms with Crippen molar-refractivity contribution in [2.75, 3.05) is 7.11 Å². The maximum absolute atomic E-state index is 12.5. The molecule has 0 aliphatic carbocycles. The molecule has 2 aromatic carbocycles. The minimum Gasteiger partial charge on any atom is -0.497 e. The maximum Gasteiger partial charge on any atom is 0.270 e. The highest BCUT2D eigenvalue weighted by Crippen LogP contribution is 2.28. The van der Waals surface area contributed by atoms with E-state index in [0.29, 0.717) is 17.3 Å². The molecule has 0 N–H and O–H groups in total. The fourth-order valence-electron chi connectivity index (χ4n) is 2.59. The van der Waals surface area contributed by atoms with Crippen LogP contribution in [0.5, 0.6) is 5.75 Å². The van der Waals surface area contributed by atoms with Gasteiger partial charge in [-0.1, -0.05) is 36.0 Å². The van der Waals surface area contributed by atoms with Gasteiger partial charge in [0.25, 0.3) is 5.69 Å². The van der Waals surface area contributed by atoms with Crippen LogP contribution < -0.4 is 4.74 Å². The number of hydrogen-bond acceptors (Lipinski definition) is 7. The van der Waals surface area contributed by atoms with E-state index in [1.54, 1.807) is 24.1 Å². The zero-order chi connectivity index (χ0) is 20.1. The lowest BCUT2D eigenvalue weighted by atomic mass is 10.2. The largest absolute Gasteiger partial charge is 0.497 e. The van der Waals surface area contributed by atoms with Crippen molar-refractivity contribution in [3.05, 3.63) is 69.8 Å². The molecule has 28 heavy (non-hydrogen) atoms. The van der Waals surface area contributed by atoms with Crippen molar-refractivity contribution >= 4 is 34.7 Å². The van der Waals surface area contributed by atoms with Gasteiger partial charge in [0.15, 0.2) is 5.17 Å². The summed E-state index contributed by atoms with van der Waals surface area (Å²) in [5, 5.41) is 19.3. The van der Waals surface area contributed by atoms with Gasteiger partial charge >= 0.3 is 0 Å². The Morgan fingerprint density at radius 1 is 1.29 bits per heavy atom. The fourth-order valence-corrected chi connectivity index (χ4v) is 3.51. The van der Waals surface area contributed by atoms with E-state index in [1.807, 2.05) is 31.2 Å². The predicted molar refractivity (Wildman–Crippen MR) is 109 cm³/mol. The highest BCUT2D eigenvalue weighted by Gasteiger charge is 2.35. The Morgan fingerprint density at radius 2 is 2.04 bits per heavy atom. The molecule has 0 spiro atoms. The molecule has 1 heterocycles. The third-order valence-corrected chi connectivity index (χ3v) is 5.13. The Morgan fingerprint density at radius 3 is 2.71 bits per heavy atom. The average Bonchev–Trinajstić information content (AvgIpc) is 2.96. The van der Waals surface area contributed by atoms with E-state index in [-0.39, 0.29) is 16.8 Å². The second kappa shape index (κ2) is 8.66. The molecule has 9 heteroatoms. The molecule has 0 bridgehead atoms. The summed E-state index contributed by atoms with van der Waals surface area (Å²) in [4.78, 5) is 24.4. The number of carbonyl (C=O) groups excluding carboxylic acids is 1. The second-order valence-corrected chi connectivity index (χ2v) is 7.32. The first kappa shape index (κ1) is 19.6. The van der Waals surface area contributed by atoms with Crippen LogP contribution >= 0.6 is 11.8 Å². The molecule has 1 amide bonds. The average molecular weight is 398 g/mol. The molecule has 8 nitrogen and oxygen atoms in total. The van der Waals surface area contributed by atoms with E-state index in [1.165, 1.54) is 30.1 Å². The molecule has 0 radical (unpaired) electrons. The van der Waals surface area contributed by atoms with Gasteiger partial charge in [-0.15, -0.1) is 5.10 Å². The quantitative estimate of drug-likeness (QED) is 0.422. The van der Waals surface area contributed by atoms with Crippen LogP contribution in [0.15, 0.2) is 58.7 Å². The summed E-state index contributed by atoms with van der Waals surface area (Å²) < 4.78 is 5.15. The van der Waals surface area contributed by atoms with Crippen molar-refractivity contribution in [3.63, 3.8) is 0 Å². The molecule has 1 fully saturated rings. The van der Waals surface area contributed by atoms with E-state index in [9.17, 15) is 14.9 Å². The van der Waals surface area contributed by atoms with Crippen LogP contribution in [-0.4, -0.2) is 39.5 Å². The van der Waals surface area contributed by atoms with Crippen molar-refractivity contribution in [1.82, 2.24) is 4.90 Å². The summed E-state index contributed by atoms with van der Waals surface area (Å²) in [5.41, 5.74) is 1.48. The second-order valence-electron chi connectivity index (χ2n) is 6.01. The lowest BCUT2D eigenvalue weighted by molar-refractivity contribution is -0.384. The Bertz CT molecular complexity index is 943. The van der Waals surface area contributed by atoms with E-state index in [0.717, 1.165) is 11.3 Å². The summed E-state index contributed by atoms with van der Waals surface area (Å²) in [7, 11) is 1.60. The maximum atomic E-state index is 12.5. The molecule has 0 saturated carbocycles. The Labute approximate surface area is 166 Å². The lowest BCUT2D eigenvalue weighted by Gasteiger charge is -2.15. The lowest BCUT2D eigenvalue weighted by Crippen LogP contribution is -2.30. The first-order chi connectivity index (χ1) is 13.5. The van der Waals surface area contributed by atoms with Gasteiger partial charge in [0.1, 0.15) is 5.75 Å². The van der Waals surface area contributed by atoms with Gasteiger partial charge < -0.3 is 4.74 Å². The van der Waals surface area contributed by atoms with E-state index in [4.69, 9.17) is 4.74 Å². The van der Waals surface area contributed by atoms with Crippen LogP contribution in [0.1, 0.15) is 18.1 Å². The molecule has 1 unspecified atom stereocenters. The molecule has 2 aromatic rings. The van der Waals surface area contributed by atoms with E-state index < -0.39 is 4.92 Å². The number of rotatable bonds is 6. The molecule has 1 aliphatic heterocycles. The van der Waals surface area contributed by atoms with E-state index in [2.05, 4.69) is 10.2 Å². The minimum absolute atomic E-state index is 0.0169. The normalized spacial score (nSPS) is 18.2. The van der Waals surface area contributed by atoms with Crippen LogP contribution in [0.4, 0.5) is 5.69 Å². The number of amidine groups is 1. The summed E-state index contributed by atoms with van der Waals surface area (Å²) in [6.07, 6.45) is 1.43. The van der Waals surface area contributed by atoms with Gasteiger partial charge in [0.2, 0.25) is 5.91 Å². The molecule has 1 atom stereocenters. The van der Waals surface area contributed by atoms with E-state index >= 15 is 0 Å². The Hall–Kier alpha value is -3.20. The topological polar surface area (TPSA) is 97.4 Å². The molecular formula is C19H18N4O4S. The smallest absolute Gasteiger partial charge is 0.270 e. The predicted octanol–water partition coefficient (Wildman–Crippen LogP) is 3.46. The molecule has 1 saturated heterocycles. The summed E-state index contributed by atoms with van der Waals surface area (Å²) in [6.45, 7) is 2.20. The highest BCUT2D eigenvalue weighted by molar-refractivity contribution is 8.15. The van der Waals surface area contributed by atoms with Crippen LogP contribution in [0, 0.1) is 10.1 Å². The third kappa shape index (κ3) is 4.55. The number of nitro groups is 1. The summed E-state index contributed by atoms with van der Waals surface area (Å²) >= 11 is 1.33. The van der Waals surface area contributed by atoms with Crippen molar-refractivity contribution in [1.29, 1.82) is 0 Å². The van der Waals surface area contributed by atoms with Gasteiger partial charge in [-0.2, -0.15) is 5.10 Å². The standard InChI is InChI=1S/C19H18N4O4S/c1-13-18(24)22(12-14-6-8-17(27-2)9-7-14)19(28-13)21-20-11-15-4-3-5-16(10-15)23(25)26/h3-11,13H,12H2,1-2H3/b20-11+,21-19+. The zero-order valence-corrected chi connectivity index (χ0v) is 16.1. The number of benzene rings is 2. The van der Waals surface area contributed by atoms with Crippen molar-refractivity contribution in [2.24, 2.45) is 10.2 Å². The molecule has 144 valence electrons. The molecular weight excluding hydrogens is 380 g/mol. The van der Waals surface area contributed by atoms with Gasteiger partial charge in [-0.05, 0) is 24.6 Å². The van der Waals surface area contributed by atoms with Crippen LogP contribution in [0.25, 0.3) is 0 Å². The SMILES string of the molecule is COc1ccc(CN2C(=O)C(C)S/C2=N/N=C/c2cccc([N+](=O)[O-])c2)cc1. The van der Waals surface area contributed by atoms with Gasteiger partial charge in [-0.3, -0.25) is 19.8 Å². The van der Waals surface area contributed by atoms with Gasteiger partial charge in [-0.25, -0.2) is 0 Å². The van der Waals surface area contributed by atoms with Crippen LogP contribution in [-0.2, 0) is 11.3 Å². The number of nitro benzene ring substituents is 1. The fraction of sp³-hybridized carbons (Fsp3) is 0.211. The number of ether oxygens (including phenoxy) is 1.